The summed E-state index contributed by atoms with van der Waals surface area (Å²) < 4.78 is 6.99. The maximum Gasteiger partial charge on any atom is 0.198 e. The highest BCUT2D eigenvalue weighted by molar-refractivity contribution is 9.10. The lowest BCUT2D eigenvalue weighted by molar-refractivity contribution is 0.365. The van der Waals surface area contributed by atoms with E-state index in [0.717, 1.165) is 15.5 Å². The quantitative estimate of drug-likeness (QED) is 0.689. The van der Waals surface area contributed by atoms with Gasteiger partial charge >= 0.3 is 0 Å². The molecule has 0 fully saturated rings. The van der Waals surface area contributed by atoms with Crippen molar-refractivity contribution in [3.63, 3.8) is 0 Å². The molecule has 0 radical (unpaired) electrons. The molecule has 0 N–H and O–H groups in total. The molecule has 0 aromatic heterocycles. The largest absolute Gasteiger partial charge is 0.419 e. The van der Waals surface area contributed by atoms with Gasteiger partial charge in [0.2, 0.25) is 0 Å². The summed E-state index contributed by atoms with van der Waals surface area (Å²) in [4.78, 5) is 0. The first-order valence-electron chi connectivity index (χ1n) is 5.69. The maximum absolute atomic E-state index is 6.06. The fourth-order valence-electron chi connectivity index (χ4n) is 1.69. The van der Waals surface area contributed by atoms with Crippen LogP contribution in [0.4, 0.5) is 0 Å². The van der Waals surface area contributed by atoms with Crippen LogP contribution in [-0.2, 0) is 10.5 Å². The number of benzene rings is 1. The smallest absolute Gasteiger partial charge is 0.198 e. The summed E-state index contributed by atoms with van der Waals surface area (Å²) in [5, 5.41) is 0.980. The average Bonchev–Trinajstić information content (AvgIpc) is 2.21. The molecule has 1 nitrogen and oxygen atoms in total. The van der Waals surface area contributed by atoms with Crippen LogP contribution < -0.4 is 0 Å². The molecule has 0 bridgehead atoms. The van der Waals surface area contributed by atoms with E-state index in [2.05, 4.69) is 43.2 Å². The first kappa shape index (κ1) is 15.2. The Bertz CT molecular complexity index is 403. The molecule has 96 valence electrons. The van der Waals surface area contributed by atoms with Gasteiger partial charge in [0.05, 0.1) is 0 Å². The van der Waals surface area contributed by atoms with E-state index in [9.17, 15) is 0 Å². The molecule has 1 rings (SSSR count). The molecule has 1 unspecified atom stereocenters. The molecular formula is C13H20BrClOSi. The summed E-state index contributed by atoms with van der Waals surface area (Å²) in [5.41, 5.74) is 1.24. The van der Waals surface area contributed by atoms with Gasteiger partial charge in [-0.25, -0.2) is 0 Å². The Morgan fingerprint density at radius 1 is 1.35 bits per heavy atom. The minimum Gasteiger partial charge on any atom is -0.419 e. The summed E-state index contributed by atoms with van der Waals surface area (Å²) >= 11 is 9.64. The number of halogens is 2. The van der Waals surface area contributed by atoms with Gasteiger partial charge in [-0.3, -0.25) is 0 Å². The Morgan fingerprint density at radius 3 is 2.41 bits per heavy atom. The summed E-state index contributed by atoms with van der Waals surface area (Å²) in [6.07, 6.45) is 0. The van der Waals surface area contributed by atoms with Crippen molar-refractivity contribution >= 4 is 35.8 Å². The highest BCUT2D eigenvalue weighted by Crippen LogP contribution is 2.39. The normalized spacial score (nSPS) is 15.7. The van der Waals surface area contributed by atoms with Gasteiger partial charge in [-0.05, 0) is 41.4 Å². The lowest BCUT2D eigenvalue weighted by Gasteiger charge is -2.38. The Kier molecular flexibility index (Phi) is 4.86. The molecule has 0 aliphatic rings. The van der Waals surface area contributed by atoms with Crippen LogP contribution in [0, 0.1) is 0 Å². The first-order chi connectivity index (χ1) is 7.69. The molecule has 0 aliphatic carbocycles. The minimum atomic E-state index is -1.81. The zero-order chi connectivity index (χ0) is 13.3. The maximum atomic E-state index is 6.06. The van der Waals surface area contributed by atoms with Crippen LogP contribution in [0.15, 0.2) is 22.7 Å². The second-order valence-electron chi connectivity index (χ2n) is 5.60. The molecular weight excluding hydrogens is 316 g/mol. The molecule has 0 amide bonds. The summed E-state index contributed by atoms with van der Waals surface area (Å²) in [7, 11) is 0.0205. The minimum absolute atomic E-state index is 0.198. The van der Waals surface area contributed by atoms with Gasteiger partial charge in [0.25, 0.3) is 0 Å². The predicted octanol–water partition coefficient (Wildman–Crippen LogP) is 5.21. The van der Waals surface area contributed by atoms with E-state index in [1.54, 1.807) is 0 Å². The van der Waals surface area contributed by atoms with Crippen molar-refractivity contribution < 1.29 is 4.43 Å². The van der Waals surface area contributed by atoms with E-state index in [1.807, 2.05) is 25.3 Å². The second kappa shape index (κ2) is 5.43. The Hall–Kier alpha value is 0.167. The van der Waals surface area contributed by atoms with Crippen LogP contribution in [0.1, 0.15) is 26.3 Å². The SMILES string of the molecule is CO[Si](C)(Cc1cc(Cl)ccc1Br)C(C)(C)C. The van der Waals surface area contributed by atoms with E-state index >= 15 is 0 Å². The molecule has 1 aromatic carbocycles. The van der Waals surface area contributed by atoms with Crippen molar-refractivity contribution in [2.75, 3.05) is 7.11 Å². The molecule has 1 aromatic rings. The first-order valence-corrected chi connectivity index (χ1v) is 9.47. The lowest BCUT2D eigenvalue weighted by Crippen LogP contribution is -2.45. The molecule has 0 spiro atoms. The summed E-state index contributed by atoms with van der Waals surface area (Å²) in [6, 6.07) is 6.90. The Labute approximate surface area is 119 Å². The number of rotatable bonds is 3. The Balaban J connectivity index is 3.07. The third kappa shape index (κ3) is 3.57. The van der Waals surface area contributed by atoms with Crippen LogP contribution >= 0.6 is 27.5 Å². The van der Waals surface area contributed by atoms with Crippen molar-refractivity contribution in [3.05, 3.63) is 33.3 Å². The molecule has 0 heterocycles. The zero-order valence-electron chi connectivity index (χ0n) is 11.1. The van der Waals surface area contributed by atoms with Crippen molar-refractivity contribution in [2.24, 2.45) is 0 Å². The molecule has 0 aliphatic heterocycles. The summed E-state index contributed by atoms with van der Waals surface area (Å²) in [6.45, 7) is 9.03. The molecule has 0 saturated carbocycles. The molecule has 1 atom stereocenters. The standard InChI is InChI=1S/C13H20BrClOSi/c1-13(2,3)17(5,16-4)9-10-8-11(15)6-7-12(10)14/h6-8H,9H2,1-5H3. The van der Waals surface area contributed by atoms with Crippen LogP contribution in [0.5, 0.6) is 0 Å². The van der Waals surface area contributed by atoms with Crippen LogP contribution in [0.25, 0.3) is 0 Å². The van der Waals surface area contributed by atoms with E-state index in [-0.39, 0.29) is 5.04 Å². The van der Waals surface area contributed by atoms with E-state index < -0.39 is 8.32 Å². The van der Waals surface area contributed by atoms with E-state index in [1.165, 1.54) is 5.56 Å². The average molecular weight is 336 g/mol. The molecule has 0 saturated heterocycles. The van der Waals surface area contributed by atoms with E-state index in [0.29, 0.717) is 0 Å². The van der Waals surface area contributed by atoms with Gasteiger partial charge in [-0.15, -0.1) is 0 Å². The highest BCUT2D eigenvalue weighted by atomic mass is 79.9. The lowest BCUT2D eigenvalue weighted by atomic mass is 10.2. The van der Waals surface area contributed by atoms with E-state index in [4.69, 9.17) is 16.0 Å². The monoisotopic (exact) mass is 334 g/mol. The van der Waals surface area contributed by atoms with Crippen LogP contribution in [-0.4, -0.2) is 15.4 Å². The fraction of sp³-hybridized carbons (Fsp3) is 0.538. The van der Waals surface area contributed by atoms with Crippen molar-refractivity contribution in [1.82, 2.24) is 0 Å². The van der Waals surface area contributed by atoms with Crippen LogP contribution in [0.2, 0.25) is 16.6 Å². The zero-order valence-corrected chi connectivity index (χ0v) is 14.4. The third-order valence-electron chi connectivity index (χ3n) is 3.57. The molecule has 17 heavy (non-hydrogen) atoms. The van der Waals surface area contributed by atoms with Crippen molar-refractivity contribution in [2.45, 2.75) is 38.4 Å². The van der Waals surface area contributed by atoms with Crippen LogP contribution in [0.3, 0.4) is 0 Å². The molecule has 4 heteroatoms. The second-order valence-corrected chi connectivity index (χ2v) is 11.6. The Morgan fingerprint density at radius 2 is 1.94 bits per heavy atom. The van der Waals surface area contributed by atoms with Gasteiger partial charge in [0.1, 0.15) is 0 Å². The van der Waals surface area contributed by atoms with Crippen molar-refractivity contribution in [1.29, 1.82) is 0 Å². The van der Waals surface area contributed by atoms with Gasteiger partial charge in [0, 0.05) is 16.6 Å². The van der Waals surface area contributed by atoms with Crippen molar-refractivity contribution in [3.8, 4) is 0 Å². The third-order valence-corrected chi connectivity index (χ3v) is 9.71. The topological polar surface area (TPSA) is 9.23 Å². The predicted molar refractivity (Wildman–Crippen MR) is 81.2 cm³/mol. The van der Waals surface area contributed by atoms with Gasteiger partial charge in [-0.1, -0.05) is 48.3 Å². The van der Waals surface area contributed by atoms with Gasteiger partial charge in [-0.2, -0.15) is 0 Å². The fourth-order valence-corrected chi connectivity index (χ4v) is 4.83. The van der Waals surface area contributed by atoms with Gasteiger partial charge in [0.15, 0.2) is 8.32 Å². The van der Waals surface area contributed by atoms with Gasteiger partial charge < -0.3 is 4.43 Å². The summed E-state index contributed by atoms with van der Waals surface area (Å²) in [5.74, 6) is 0. The number of hydrogen-bond acceptors (Lipinski definition) is 1. The highest BCUT2D eigenvalue weighted by Gasteiger charge is 2.41. The number of hydrogen-bond donors (Lipinski definition) is 0.